The lowest BCUT2D eigenvalue weighted by molar-refractivity contribution is -0.192. The van der Waals surface area contributed by atoms with Gasteiger partial charge in [-0.2, -0.15) is 13.2 Å². The second kappa shape index (κ2) is 9.04. The van der Waals surface area contributed by atoms with Crippen molar-refractivity contribution in [1.82, 2.24) is 20.3 Å². The molecule has 3 heterocycles. The minimum absolute atomic E-state index is 0.493. The highest BCUT2D eigenvalue weighted by molar-refractivity contribution is 5.82. The summed E-state index contributed by atoms with van der Waals surface area (Å²) in [5, 5.41) is 11.6. The molecule has 1 aromatic carbocycles. The number of hydrogen-bond donors (Lipinski definition) is 2. The number of carboxylic acid groups (broad SMARTS) is 1. The van der Waals surface area contributed by atoms with E-state index >= 15 is 0 Å². The van der Waals surface area contributed by atoms with E-state index in [1.165, 1.54) is 0 Å². The molecule has 1 aliphatic heterocycles. The summed E-state index contributed by atoms with van der Waals surface area (Å²) in [6, 6.07) is 12.6. The normalized spacial score (nSPS) is 16.1. The molecular formula is C20H20F3N5O2. The van der Waals surface area contributed by atoms with Crippen molar-refractivity contribution in [2.45, 2.75) is 18.6 Å². The molecule has 3 aromatic rings. The first-order valence-electron chi connectivity index (χ1n) is 9.17. The van der Waals surface area contributed by atoms with Crippen molar-refractivity contribution < 1.29 is 23.1 Å². The van der Waals surface area contributed by atoms with Crippen molar-refractivity contribution in [3.63, 3.8) is 0 Å². The molecule has 10 heteroatoms. The Morgan fingerprint density at radius 3 is 2.63 bits per heavy atom. The van der Waals surface area contributed by atoms with Gasteiger partial charge in [0.25, 0.3) is 0 Å². The Labute approximate surface area is 170 Å². The highest BCUT2D eigenvalue weighted by Gasteiger charge is 2.38. The Balaban J connectivity index is 0.000000318. The molecule has 0 saturated carbocycles. The second-order valence-electron chi connectivity index (χ2n) is 6.72. The van der Waals surface area contributed by atoms with Crippen molar-refractivity contribution in [2.24, 2.45) is 0 Å². The largest absolute Gasteiger partial charge is 0.490 e. The van der Waals surface area contributed by atoms with Gasteiger partial charge >= 0.3 is 12.1 Å². The minimum Gasteiger partial charge on any atom is -0.475 e. The number of nitrogens with one attached hydrogen (secondary N) is 1. The highest BCUT2D eigenvalue weighted by Crippen LogP contribution is 2.22. The molecule has 1 saturated heterocycles. The van der Waals surface area contributed by atoms with Gasteiger partial charge in [-0.05, 0) is 31.2 Å². The number of halogens is 3. The van der Waals surface area contributed by atoms with Gasteiger partial charge in [0.1, 0.15) is 5.82 Å². The number of rotatable bonds is 3. The third kappa shape index (κ3) is 5.20. The number of benzene rings is 1. The topological polar surface area (TPSA) is 91.2 Å². The Morgan fingerprint density at radius 1 is 1.23 bits per heavy atom. The molecule has 0 bridgehead atoms. The van der Waals surface area contributed by atoms with Gasteiger partial charge in [-0.15, -0.1) is 0 Å². The van der Waals surface area contributed by atoms with Crippen LogP contribution in [0.1, 0.15) is 6.42 Å². The van der Waals surface area contributed by atoms with Gasteiger partial charge in [0.15, 0.2) is 5.82 Å². The summed E-state index contributed by atoms with van der Waals surface area (Å²) in [5.41, 5.74) is 1.94. The molecule has 1 unspecified atom stereocenters. The summed E-state index contributed by atoms with van der Waals surface area (Å²) in [7, 11) is 2.10. The Morgan fingerprint density at radius 2 is 1.97 bits per heavy atom. The van der Waals surface area contributed by atoms with E-state index in [1.54, 1.807) is 0 Å². The van der Waals surface area contributed by atoms with Crippen molar-refractivity contribution >= 4 is 22.7 Å². The molecule has 0 aliphatic carbocycles. The fourth-order valence-corrected chi connectivity index (χ4v) is 3.04. The monoisotopic (exact) mass is 419 g/mol. The van der Waals surface area contributed by atoms with E-state index in [0.717, 1.165) is 47.6 Å². The predicted molar refractivity (Wildman–Crippen MR) is 106 cm³/mol. The number of hydrogen-bond acceptors (Lipinski definition) is 6. The van der Waals surface area contributed by atoms with Crippen LogP contribution in [0.5, 0.6) is 0 Å². The molecule has 7 nitrogen and oxygen atoms in total. The molecule has 2 aromatic heterocycles. The van der Waals surface area contributed by atoms with Crippen LogP contribution in [0, 0.1) is 0 Å². The first-order valence-corrected chi connectivity index (χ1v) is 9.17. The molecule has 0 amide bonds. The maximum atomic E-state index is 10.6. The van der Waals surface area contributed by atoms with E-state index in [2.05, 4.69) is 39.4 Å². The van der Waals surface area contributed by atoms with Gasteiger partial charge in [-0.3, -0.25) is 4.98 Å². The van der Waals surface area contributed by atoms with Gasteiger partial charge < -0.3 is 15.3 Å². The molecule has 158 valence electrons. The lowest BCUT2D eigenvalue weighted by atomic mass is 10.1. The smallest absolute Gasteiger partial charge is 0.475 e. The number of anilines is 1. The van der Waals surface area contributed by atoms with Crippen molar-refractivity contribution in [2.75, 3.05) is 25.0 Å². The molecule has 0 spiro atoms. The van der Waals surface area contributed by atoms with Crippen LogP contribution in [0.25, 0.3) is 22.3 Å². The third-order valence-electron chi connectivity index (χ3n) is 4.68. The Bertz CT molecular complexity index is 1020. The number of nitrogens with zero attached hydrogens (tertiary/aromatic N) is 4. The fraction of sp³-hybridized carbons (Fsp3) is 0.300. The minimum atomic E-state index is -5.08. The molecule has 4 rings (SSSR count). The number of carbonyl (C=O) groups is 1. The fourth-order valence-electron chi connectivity index (χ4n) is 3.04. The maximum absolute atomic E-state index is 10.6. The van der Waals surface area contributed by atoms with Crippen LogP contribution in [0.15, 0.2) is 48.8 Å². The number of aliphatic carboxylic acids is 1. The van der Waals surface area contributed by atoms with Gasteiger partial charge in [-0.1, -0.05) is 18.2 Å². The Hall–Kier alpha value is -3.27. The summed E-state index contributed by atoms with van der Waals surface area (Å²) in [4.78, 5) is 24.8. The summed E-state index contributed by atoms with van der Waals surface area (Å²) < 4.78 is 31.7. The molecule has 0 radical (unpaired) electrons. The van der Waals surface area contributed by atoms with Gasteiger partial charge in [-0.25, -0.2) is 14.8 Å². The van der Waals surface area contributed by atoms with E-state index in [0.29, 0.717) is 6.04 Å². The van der Waals surface area contributed by atoms with Crippen LogP contribution < -0.4 is 10.2 Å². The van der Waals surface area contributed by atoms with E-state index < -0.39 is 12.1 Å². The molecule has 1 fully saturated rings. The number of aromatic nitrogens is 3. The lowest BCUT2D eigenvalue weighted by Crippen LogP contribution is -2.33. The van der Waals surface area contributed by atoms with Crippen molar-refractivity contribution in [1.29, 1.82) is 0 Å². The standard InChI is InChI=1S/C18H19N5.C2HF3O2/c1-23(15-6-8-19-12-15)17-7-9-20-18(22-17)14-10-13-4-2-3-5-16(13)21-11-14;3-2(4,5)1(6)7/h2-5,7,9-11,15,19H,6,8,12H2,1H3;(H,6,7). The molecule has 1 atom stereocenters. The van der Waals surface area contributed by atoms with Gasteiger partial charge in [0.2, 0.25) is 0 Å². The zero-order valence-corrected chi connectivity index (χ0v) is 16.1. The van der Waals surface area contributed by atoms with Gasteiger partial charge in [0.05, 0.1) is 5.52 Å². The van der Waals surface area contributed by atoms with Crippen LogP contribution in [0.4, 0.5) is 19.0 Å². The van der Waals surface area contributed by atoms with Crippen LogP contribution in [-0.2, 0) is 4.79 Å². The van der Waals surface area contributed by atoms with E-state index in [1.807, 2.05) is 36.7 Å². The average molecular weight is 419 g/mol. The number of alkyl halides is 3. The molecule has 30 heavy (non-hydrogen) atoms. The number of pyridine rings is 1. The molecule has 2 N–H and O–H groups in total. The predicted octanol–water partition coefficient (Wildman–Crippen LogP) is 3.12. The second-order valence-corrected chi connectivity index (χ2v) is 6.72. The SMILES string of the molecule is CN(c1ccnc(-c2cnc3ccccc3c2)n1)C1CCNC1.O=C(O)C(F)(F)F. The molecule has 1 aliphatic rings. The first kappa shape index (κ1) is 21.4. The van der Waals surface area contributed by atoms with Crippen LogP contribution in [-0.4, -0.2) is 58.4 Å². The van der Waals surface area contributed by atoms with E-state index in [-0.39, 0.29) is 0 Å². The van der Waals surface area contributed by atoms with Crippen molar-refractivity contribution in [3.8, 4) is 11.4 Å². The van der Waals surface area contributed by atoms with Crippen LogP contribution >= 0.6 is 0 Å². The quantitative estimate of drug-likeness (QED) is 0.674. The summed E-state index contributed by atoms with van der Waals surface area (Å²) in [6.07, 6.45) is -0.266. The number of fused-ring (bicyclic) bond motifs is 1. The maximum Gasteiger partial charge on any atom is 0.490 e. The summed E-state index contributed by atoms with van der Waals surface area (Å²) >= 11 is 0. The van der Waals surface area contributed by atoms with Crippen molar-refractivity contribution in [3.05, 3.63) is 48.8 Å². The summed E-state index contributed by atoms with van der Waals surface area (Å²) in [6.45, 7) is 2.08. The summed E-state index contributed by atoms with van der Waals surface area (Å²) in [5.74, 6) is -1.08. The van der Waals surface area contributed by atoms with E-state index in [4.69, 9.17) is 14.9 Å². The van der Waals surface area contributed by atoms with Gasteiger partial charge in [0, 0.05) is 43.0 Å². The molecular weight excluding hydrogens is 399 g/mol. The lowest BCUT2D eigenvalue weighted by Gasteiger charge is -2.24. The third-order valence-corrected chi connectivity index (χ3v) is 4.68. The zero-order chi connectivity index (χ0) is 21.7. The number of para-hydroxylation sites is 1. The number of likely N-dealkylation sites (N-methyl/N-ethyl adjacent to an activating group) is 1. The van der Waals surface area contributed by atoms with Crippen LogP contribution in [0.3, 0.4) is 0 Å². The van der Waals surface area contributed by atoms with E-state index in [9.17, 15) is 13.2 Å². The highest BCUT2D eigenvalue weighted by atomic mass is 19.4. The number of carboxylic acids is 1. The average Bonchev–Trinajstić information content (AvgIpc) is 3.27. The Kier molecular flexibility index (Phi) is 6.46. The van der Waals surface area contributed by atoms with Crippen LogP contribution in [0.2, 0.25) is 0 Å². The first-order chi connectivity index (χ1) is 14.3. The zero-order valence-electron chi connectivity index (χ0n) is 16.1.